The molecule has 1 amide bonds. The maximum atomic E-state index is 12.5. The highest BCUT2D eigenvalue weighted by molar-refractivity contribution is 5.76. The molecule has 0 aliphatic carbocycles. The number of esters is 1. The molecule has 0 fully saturated rings. The molecular formula is C66H123NO5. The van der Waals surface area contributed by atoms with Crippen LogP contribution in [0.1, 0.15) is 335 Å². The summed E-state index contributed by atoms with van der Waals surface area (Å²) in [5.74, 6) is -0.0929. The van der Waals surface area contributed by atoms with Crippen LogP contribution >= 0.6 is 0 Å². The Morgan fingerprint density at radius 3 is 1.11 bits per heavy atom. The molecular weight excluding hydrogens is 887 g/mol. The average molecular weight is 1010 g/mol. The zero-order valence-electron chi connectivity index (χ0n) is 48.2. The molecule has 0 saturated carbocycles. The summed E-state index contributed by atoms with van der Waals surface area (Å²) in [6.07, 6.45) is 78.7. The predicted molar refractivity (Wildman–Crippen MR) is 315 cm³/mol. The fourth-order valence-corrected chi connectivity index (χ4v) is 9.65. The Morgan fingerprint density at radius 2 is 0.708 bits per heavy atom. The minimum atomic E-state index is -0.856. The summed E-state index contributed by atoms with van der Waals surface area (Å²) in [6.45, 7) is 4.86. The van der Waals surface area contributed by atoms with Gasteiger partial charge in [0.05, 0.1) is 25.4 Å². The van der Waals surface area contributed by atoms with E-state index in [0.717, 1.165) is 70.6 Å². The highest BCUT2D eigenvalue weighted by Gasteiger charge is 2.18. The van der Waals surface area contributed by atoms with E-state index in [2.05, 4.69) is 55.6 Å². The molecule has 422 valence electrons. The Bertz CT molecular complexity index is 1210. The third-order valence-corrected chi connectivity index (χ3v) is 14.6. The van der Waals surface area contributed by atoms with Gasteiger partial charge < -0.3 is 20.3 Å². The zero-order valence-corrected chi connectivity index (χ0v) is 48.2. The molecule has 0 aliphatic rings. The number of allylic oxidation sites excluding steroid dienone is 7. The topological polar surface area (TPSA) is 95.9 Å². The van der Waals surface area contributed by atoms with E-state index in [1.165, 1.54) is 238 Å². The van der Waals surface area contributed by atoms with Crippen molar-refractivity contribution in [2.75, 3.05) is 13.2 Å². The molecule has 0 aromatic heterocycles. The summed E-state index contributed by atoms with van der Waals surface area (Å²) in [5, 5.41) is 23.2. The normalized spacial score (nSPS) is 12.9. The van der Waals surface area contributed by atoms with E-state index in [1.807, 2.05) is 6.08 Å². The summed E-state index contributed by atoms with van der Waals surface area (Å²) in [5.41, 5.74) is 0. The molecule has 6 nitrogen and oxygen atoms in total. The largest absolute Gasteiger partial charge is 0.466 e. The first-order valence-electron chi connectivity index (χ1n) is 31.9. The summed E-state index contributed by atoms with van der Waals surface area (Å²) >= 11 is 0. The lowest BCUT2D eigenvalue weighted by atomic mass is 10.0. The minimum Gasteiger partial charge on any atom is -0.466 e. The van der Waals surface area contributed by atoms with Gasteiger partial charge in [-0.15, -0.1) is 0 Å². The van der Waals surface area contributed by atoms with Gasteiger partial charge in [-0.3, -0.25) is 9.59 Å². The number of aliphatic hydroxyl groups is 2. The van der Waals surface area contributed by atoms with Crippen molar-refractivity contribution in [3.05, 3.63) is 48.6 Å². The van der Waals surface area contributed by atoms with Gasteiger partial charge in [0.1, 0.15) is 0 Å². The number of carbonyl (C=O) groups is 2. The molecule has 6 heteroatoms. The molecule has 2 atom stereocenters. The molecule has 0 spiro atoms. The average Bonchev–Trinajstić information content (AvgIpc) is 3.38. The lowest BCUT2D eigenvalue weighted by Gasteiger charge is -2.20. The van der Waals surface area contributed by atoms with Gasteiger partial charge >= 0.3 is 5.97 Å². The van der Waals surface area contributed by atoms with Crippen LogP contribution in [-0.2, 0) is 14.3 Å². The molecule has 0 aliphatic heterocycles. The summed E-state index contributed by atoms with van der Waals surface area (Å²) in [6, 6.07) is -0.640. The van der Waals surface area contributed by atoms with Crippen LogP contribution in [0.4, 0.5) is 0 Å². The van der Waals surface area contributed by atoms with Crippen LogP contribution < -0.4 is 5.32 Å². The van der Waals surface area contributed by atoms with Crippen molar-refractivity contribution >= 4 is 11.9 Å². The Morgan fingerprint density at radius 1 is 0.389 bits per heavy atom. The molecule has 0 saturated heterocycles. The Hall–Kier alpha value is -2.18. The van der Waals surface area contributed by atoms with Crippen molar-refractivity contribution in [1.29, 1.82) is 0 Å². The monoisotopic (exact) mass is 1010 g/mol. The van der Waals surface area contributed by atoms with Crippen molar-refractivity contribution in [3.8, 4) is 0 Å². The molecule has 72 heavy (non-hydrogen) atoms. The molecule has 0 bridgehead atoms. The number of ether oxygens (including phenoxy) is 1. The van der Waals surface area contributed by atoms with Gasteiger partial charge in [-0.25, -0.2) is 0 Å². The van der Waals surface area contributed by atoms with E-state index in [4.69, 9.17) is 4.74 Å². The highest BCUT2D eigenvalue weighted by atomic mass is 16.5. The van der Waals surface area contributed by atoms with Crippen LogP contribution in [0.15, 0.2) is 48.6 Å². The van der Waals surface area contributed by atoms with Crippen LogP contribution in [0, 0.1) is 0 Å². The van der Waals surface area contributed by atoms with Crippen molar-refractivity contribution in [1.82, 2.24) is 5.32 Å². The molecule has 2 unspecified atom stereocenters. The molecule has 0 aromatic rings. The van der Waals surface area contributed by atoms with Gasteiger partial charge in [-0.05, 0) is 83.5 Å². The molecule has 0 rings (SSSR count). The lowest BCUT2D eigenvalue weighted by molar-refractivity contribution is -0.143. The lowest BCUT2D eigenvalue weighted by Crippen LogP contribution is -2.45. The molecule has 3 N–H and O–H groups in total. The minimum absolute atomic E-state index is 0.0125. The Labute approximate surface area is 448 Å². The van der Waals surface area contributed by atoms with E-state index in [9.17, 15) is 19.8 Å². The van der Waals surface area contributed by atoms with Crippen molar-refractivity contribution in [3.63, 3.8) is 0 Å². The van der Waals surface area contributed by atoms with Crippen LogP contribution in [0.2, 0.25) is 0 Å². The van der Waals surface area contributed by atoms with E-state index in [0.29, 0.717) is 19.4 Å². The first kappa shape index (κ1) is 69.8. The van der Waals surface area contributed by atoms with Crippen LogP contribution in [0.5, 0.6) is 0 Å². The van der Waals surface area contributed by atoms with Crippen molar-refractivity contribution < 1.29 is 24.5 Å². The van der Waals surface area contributed by atoms with Crippen LogP contribution in [-0.4, -0.2) is 47.4 Å². The first-order chi connectivity index (χ1) is 35.5. The smallest absolute Gasteiger partial charge is 0.305 e. The number of hydrogen-bond donors (Lipinski definition) is 3. The number of nitrogens with one attached hydrogen (secondary N) is 1. The van der Waals surface area contributed by atoms with Crippen molar-refractivity contribution in [2.24, 2.45) is 0 Å². The predicted octanol–water partition coefficient (Wildman–Crippen LogP) is 20.1. The third-order valence-electron chi connectivity index (χ3n) is 14.6. The van der Waals surface area contributed by atoms with Crippen LogP contribution in [0.3, 0.4) is 0 Å². The van der Waals surface area contributed by atoms with Gasteiger partial charge in [0.2, 0.25) is 5.91 Å². The maximum Gasteiger partial charge on any atom is 0.305 e. The third kappa shape index (κ3) is 57.1. The summed E-state index contributed by atoms with van der Waals surface area (Å²) < 4.78 is 5.47. The Kier molecular flexibility index (Phi) is 59.5. The fraction of sp³-hybridized carbons (Fsp3) is 0.848. The quantitative estimate of drug-likeness (QED) is 0.0320. The van der Waals surface area contributed by atoms with Gasteiger partial charge in [-0.2, -0.15) is 0 Å². The number of amides is 1. The number of unbranched alkanes of at least 4 members (excludes halogenated alkanes) is 42. The standard InChI is InChI=1S/C66H123NO5/c1-3-5-7-9-11-13-15-17-19-20-21-22-23-24-25-28-31-34-38-42-46-50-54-58-64(69)63(62-68)67-65(70)59-55-51-47-43-39-35-32-29-26-27-30-33-37-41-45-49-53-57-61-72-66(71)60-56-52-48-44-40-36-18-16-14-12-10-8-6-4-2/h10,12,16,18,29,32,54,58,63-64,68-69H,3-9,11,13-15,17,19-28,30-31,33-53,55-57,59-62H2,1-2H3,(H,67,70)/b12-10-,18-16-,32-29-,58-54+. The number of rotatable bonds is 59. The fourth-order valence-electron chi connectivity index (χ4n) is 9.65. The molecule has 0 radical (unpaired) electrons. The van der Waals surface area contributed by atoms with Crippen LogP contribution in [0.25, 0.3) is 0 Å². The Balaban J connectivity index is 3.49. The van der Waals surface area contributed by atoms with E-state index < -0.39 is 12.1 Å². The van der Waals surface area contributed by atoms with Gasteiger partial charge in [0.25, 0.3) is 0 Å². The number of aliphatic hydroxyl groups excluding tert-OH is 2. The second-order valence-corrected chi connectivity index (χ2v) is 21.7. The molecule has 0 aromatic carbocycles. The van der Waals surface area contributed by atoms with E-state index in [-0.39, 0.29) is 18.5 Å². The van der Waals surface area contributed by atoms with Gasteiger partial charge in [0.15, 0.2) is 0 Å². The summed E-state index contributed by atoms with van der Waals surface area (Å²) in [4.78, 5) is 24.5. The summed E-state index contributed by atoms with van der Waals surface area (Å²) in [7, 11) is 0. The second-order valence-electron chi connectivity index (χ2n) is 21.7. The van der Waals surface area contributed by atoms with Crippen molar-refractivity contribution in [2.45, 2.75) is 347 Å². The van der Waals surface area contributed by atoms with Gasteiger partial charge in [-0.1, -0.05) is 287 Å². The molecule has 0 heterocycles. The number of carbonyl (C=O) groups excluding carboxylic acids is 2. The maximum absolute atomic E-state index is 12.5. The first-order valence-corrected chi connectivity index (χ1v) is 31.9. The second kappa shape index (κ2) is 61.4. The zero-order chi connectivity index (χ0) is 52.2. The van der Waals surface area contributed by atoms with Gasteiger partial charge in [0, 0.05) is 12.8 Å². The SMILES string of the molecule is CCCC/C=C\C/C=C\CCCCCCCC(=O)OCCCCCCCCCCC/C=C\CCCCCCCC(=O)NC(CO)C(O)/C=C/CCCCCCCCCCCCCCCCCCCCCCC. The van der Waals surface area contributed by atoms with E-state index >= 15 is 0 Å². The van der Waals surface area contributed by atoms with E-state index in [1.54, 1.807) is 6.08 Å². The highest BCUT2D eigenvalue weighted by Crippen LogP contribution is 2.17. The number of hydrogen-bond acceptors (Lipinski definition) is 5.